The van der Waals surface area contributed by atoms with Crippen LogP contribution in [0.15, 0.2) is 0 Å². The first-order valence-electron chi connectivity index (χ1n) is 3.45. The van der Waals surface area contributed by atoms with Crippen molar-refractivity contribution in [1.29, 1.82) is 0 Å². The molecular formula is C7H10F2O. The van der Waals surface area contributed by atoms with Gasteiger partial charge < -0.3 is 4.79 Å². The van der Waals surface area contributed by atoms with E-state index in [1.54, 1.807) is 0 Å². The SMILES string of the molecule is O=CCCC1CC(F)(F)C1. The van der Waals surface area contributed by atoms with Gasteiger partial charge in [-0.3, -0.25) is 0 Å². The summed E-state index contributed by atoms with van der Waals surface area (Å²) in [5.74, 6) is -2.33. The van der Waals surface area contributed by atoms with Crippen LogP contribution in [-0.2, 0) is 4.79 Å². The van der Waals surface area contributed by atoms with Crippen molar-refractivity contribution in [3.8, 4) is 0 Å². The van der Waals surface area contributed by atoms with Crippen LogP contribution in [0.1, 0.15) is 25.7 Å². The molecule has 0 aromatic carbocycles. The summed E-state index contributed by atoms with van der Waals surface area (Å²) in [6, 6.07) is 0. The molecule has 1 aliphatic carbocycles. The highest BCUT2D eigenvalue weighted by Crippen LogP contribution is 2.44. The van der Waals surface area contributed by atoms with Crippen molar-refractivity contribution in [3.05, 3.63) is 0 Å². The van der Waals surface area contributed by atoms with Crippen LogP contribution in [0.4, 0.5) is 8.78 Å². The Morgan fingerprint density at radius 3 is 2.50 bits per heavy atom. The molecule has 0 saturated heterocycles. The number of carbonyl (C=O) groups excluding carboxylic acids is 1. The molecule has 0 aromatic heterocycles. The molecule has 0 amide bonds. The van der Waals surface area contributed by atoms with Crippen LogP contribution in [0.5, 0.6) is 0 Å². The van der Waals surface area contributed by atoms with Gasteiger partial charge >= 0.3 is 0 Å². The summed E-state index contributed by atoms with van der Waals surface area (Å²) in [7, 11) is 0. The lowest BCUT2D eigenvalue weighted by molar-refractivity contribution is -0.118. The number of alkyl halides is 2. The summed E-state index contributed by atoms with van der Waals surface area (Å²) in [6.45, 7) is 0. The molecule has 0 radical (unpaired) electrons. The minimum atomic E-state index is -2.42. The van der Waals surface area contributed by atoms with Crippen LogP contribution in [-0.4, -0.2) is 12.2 Å². The van der Waals surface area contributed by atoms with Gasteiger partial charge in [-0.1, -0.05) is 0 Å². The van der Waals surface area contributed by atoms with Gasteiger partial charge in [0.25, 0.3) is 0 Å². The molecule has 0 atom stereocenters. The molecule has 10 heavy (non-hydrogen) atoms. The largest absolute Gasteiger partial charge is 0.303 e. The maximum atomic E-state index is 12.1. The van der Waals surface area contributed by atoms with E-state index in [4.69, 9.17) is 0 Å². The zero-order valence-electron chi connectivity index (χ0n) is 5.65. The lowest BCUT2D eigenvalue weighted by atomic mass is 9.79. The van der Waals surface area contributed by atoms with Crippen LogP contribution in [0, 0.1) is 5.92 Å². The van der Waals surface area contributed by atoms with Crippen molar-refractivity contribution in [2.45, 2.75) is 31.6 Å². The Kier molecular flexibility index (Phi) is 2.02. The third-order valence-corrected chi connectivity index (χ3v) is 1.87. The van der Waals surface area contributed by atoms with E-state index in [2.05, 4.69) is 0 Å². The molecule has 1 rings (SSSR count). The van der Waals surface area contributed by atoms with Gasteiger partial charge in [0.1, 0.15) is 6.29 Å². The fourth-order valence-electron chi connectivity index (χ4n) is 1.29. The first-order chi connectivity index (χ1) is 4.64. The Morgan fingerprint density at radius 1 is 1.50 bits per heavy atom. The molecule has 3 heteroatoms. The summed E-state index contributed by atoms with van der Waals surface area (Å²) in [6.07, 6.45) is 1.83. The van der Waals surface area contributed by atoms with Crippen molar-refractivity contribution >= 4 is 6.29 Å². The van der Waals surface area contributed by atoms with Crippen LogP contribution in [0.25, 0.3) is 0 Å². The van der Waals surface area contributed by atoms with E-state index in [1.807, 2.05) is 0 Å². The summed E-state index contributed by atoms with van der Waals surface area (Å²) >= 11 is 0. The lowest BCUT2D eigenvalue weighted by Gasteiger charge is -2.34. The van der Waals surface area contributed by atoms with E-state index in [9.17, 15) is 13.6 Å². The summed E-state index contributed by atoms with van der Waals surface area (Å²) in [5, 5.41) is 0. The smallest absolute Gasteiger partial charge is 0.248 e. The molecule has 1 fully saturated rings. The van der Waals surface area contributed by atoms with Crippen molar-refractivity contribution < 1.29 is 13.6 Å². The van der Waals surface area contributed by atoms with Crippen molar-refractivity contribution in [3.63, 3.8) is 0 Å². The second-order valence-electron chi connectivity index (χ2n) is 2.87. The first-order valence-corrected chi connectivity index (χ1v) is 3.45. The molecule has 0 aliphatic heterocycles. The topological polar surface area (TPSA) is 17.1 Å². The van der Waals surface area contributed by atoms with E-state index in [0.29, 0.717) is 12.8 Å². The van der Waals surface area contributed by atoms with E-state index in [0.717, 1.165) is 6.29 Å². The van der Waals surface area contributed by atoms with Gasteiger partial charge in [0.05, 0.1) is 0 Å². The molecule has 0 N–H and O–H groups in total. The van der Waals surface area contributed by atoms with E-state index < -0.39 is 5.92 Å². The minimum absolute atomic E-state index is 0.0131. The molecule has 1 aliphatic rings. The maximum absolute atomic E-state index is 12.1. The predicted octanol–water partition coefficient (Wildman–Crippen LogP) is 2.01. The van der Waals surface area contributed by atoms with Gasteiger partial charge in [0, 0.05) is 19.3 Å². The number of halogens is 2. The van der Waals surface area contributed by atoms with Gasteiger partial charge in [-0.2, -0.15) is 0 Å². The highest BCUT2D eigenvalue weighted by molar-refractivity contribution is 5.49. The third kappa shape index (κ3) is 1.75. The van der Waals surface area contributed by atoms with Gasteiger partial charge in [-0.15, -0.1) is 0 Å². The fraction of sp³-hybridized carbons (Fsp3) is 0.857. The second kappa shape index (κ2) is 2.64. The average molecular weight is 148 g/mol. The summed E-state index contributed by atoms with van der Waals surface area (Å²) in [4.78, 5) is 9.82. The number of aldehydes is 1. The number of hydrogen-bond acceptors (Lipinski definition) is 1. The Balaban J connectivity index is 2.08. The van der Waals surface area contributed by atoms with E-state index in [1.165, 1.54) is 0 Å². The van der Waals surface area contributed by atoms with Gasteiger partial charge in [-0.25, -0.2) is 8.78 Å². The highest BCUT2D eigenvalue weighted by Gasteiger charge is 2.44. The molecule has 0 spiro atoms. The van der Waals surface area contributed by atoms with Crippen molar-refractivity contribution in [2.75, 3.05) is 0 Å². The van der Waals surface area contributed by atoms with E-state index >= 15 is 0 Å². The highest BCUT2D eigenvalue weighted by atomic mass is 19.3. The van der Waals surface area contributed by atoms with Gasteiger partial charge in [0.15, 0.2) is 0 Å². The molecule has 0 unspecified atom stereocenters. The minimum Gasteiger partial charge on any atom is -0.303 e. The Bertz CT molecular complexity index is 126. The molecular weight excluding hydrogens is 138 g/mol. The Labute approximate surface area is 58.4 Å². The monoisotopic (exact) mass is 148 g/mol. The predicted molar refractivity (Wildman–Crippen MR) is 33.0 cm³/mol. The zero-order chi connectivity index (χ0) is 7.61. The first kappa shape index (κ1) is 7.63. The van der Waals surface area contributed by atoms with Crippen molar-refractivity contribution in [2.24, 2.45) is 5.92 Å². The maximum Gasteiger partial charge on any atom is 0.248 e. The van der Waals surface area contributed by atoms with Gasteiger partial charge in [0.2, 0.25) is 5.92 Å². The van der Waals surface area contributed by atoms with Crippen LogP contribution in [0.2, 0.25) is 0 Å². The Hall–Kier alpha value is -0.470. The van der Waals surface area contributed by atoms with Crippen molar-refractivity contribution in [1.82, 2.24) is 0 Å². The number of carbonyl (C=O) groups is 1. The summed E-state index contributed by atoms with van der Waals surface area (Å²) in [5.41, 5.74) is 0. The molecule has 0 heterocycles. The molecule has 58 valence electrons. The van der Waals surface area contributed by atoms with Crippen LogP contribution in [0.3, 0.4) is 0 Å². The Morgan fingerprint density at radius 2 is 2.10 bits per heavy atom. The van der Waals surface area contributed by atoms with E-state index in [-0.39, 0.29) is 18.8 Å². The number of hydrogen-bond donors (Lipinski definition) is 0. The second-order valence-corrected chi connectivity index (χ2v) is 2.87. The average Bonchev–Trinajstić information content (AvgIpc) is 1.78. The molecule has 0 bridgehead atoms. The summed E-state index contributed by atoms with van der Waals surface area (Å²) < 4.78 is 24.3. The number of rotatable bonds is 3. The molecule has 1 nitrogen and oxygen atoms in total. The zero-order valence-corrected chi connectivity index (χ0v) is 5.65. The van der Waals surface area contributed by atoms with Crippen LogP contribution >= 0.6 is 0 Å². The lowest BCUT2D eigenvalue weighted by Crippen LogP contribution is -2.35. The fourth-order valence-corrected chi connectivity index (χ4v) is 1.29. The normalized spacial score (nSPS) is 23.8. The van der Waals surface area contributed by atoms with Crippen LogP contribution < -0.4 is 0 Å². The quantitative estimate of drug-likeness (QED) is 0.559. The molecule has 0 aromatic rings. The third-order valence-electron chi connectivity index (χ3n) is 1.87. The molecule has 1 saturated carbocycles. The van der Waals surface area contributed by atoms with Gasteiger partial charge in [-0.05, 0) is 12.3 Å². The standard InChI is InChI=1S/C7H10F2O/c8-7(9)4-6(5-7)2-1-3-10/h3,6H,1-2,4-5H2.